The molecule has 0 aliphatic carbocycles. The number of carbonyl (C=O) groups excluding carboxylic acids is 4. The number of Topliss-reactive ketones (excluding diaryl/α,β-unsaturated/α-hetero) is 2. The molecule has 0 N–H and O–H groups in total. The van der Waals surface area contributed by atoms with Crippen molar-refractivity contribution in [1.82, 2.24) is 0 Å². The fourth-order valence-electron chi connectivity index (χ4n) is 1.48. The maximum atomic E-state index is 11.2. The van der Waals surface area contributed by atoms with Gasteiger partial charge in [-0.2, -0.15) is 0 Å². The first-order valence-electron chi connectivity index (χ1n) is 6.95. The second kappa shape index (κ2) is 8.71. The summed E-state index contributed by atoms with van der Waals surface area (Å²) in [5, 5.41) is 0. The van der Waals surface area contributed by atoms with Crippen molar-refractivity contribution in [2.24, 2.45) is 0 Å². The SMILES string of the molecule is CCC(=O)C(=O)OCc1ccc(COC(=O)C(=O)CC)cc1. The molecule has 0 bridgehead atoms. The first-order valence-corrected chi connectivity index (χ1v) is 6.95. The summed E-state index contributed by atoms with van der Waals surface area (Å²) in [6.45, 7) is 3.17. The smallest absolute Gasteiger partial charge is 0.374 e. The van der Waals surface area contributed by atoms with Gasteiger partial charge in [-0.15, -0.1) is 0 Å². The zero-order valence-electron chi connectivity index (χ0n) is 12.6. The van der Waals surface area contributed by atoms with Crippen LogP contribution in [-0.4, -0.2) is 23.5 Å². The van der Waals surface area contributed by atoms with Crippen molar-refractivity contribution in [3.63, 3.8) is 0 Å². The van der Waals surface area contributed by atoms with Crippen molar-refractivity contribution in [2.45, 2.75) is 39.9 Å². The van der Waals surface area contributed by atoms with E-state index in [0.29, 0.717) is 11.1 Å². The molecule has 0 spiro atoms. The summed E-state index contributed by atoms with van der Waals surface area (Å²) in [4.78, 5) is 44.6. The summed E-state index contributed by atoms with van der Waals surface area (Å²) in [6, 6.07) is 6.76. The fraction of sp³-hybridized carbons (Fsp3) is 0.375. The molecule has 0 saturated heterocycles. The molecule has 1 aromatic rings. The normalized spacial score (nSPS) is 9.91. The summed E-state index contributed by atoms with van der Waals surface area (Å²) in [5.41, 5.74) is 1.41. The van der Waals surface area contributed by atoms with E-state index < -0.39 is 23.5 Å². The van der Waals surface area contributed by atoms with E-state index in [2.05, 4.69) is 0 Å². The fourth-order valence-corrected chi connectivity index (χ4v) is 1.48. The van der Waals surface area contributed by atoms with Crippen LogP contribution in [0.4, 0.5) is 0 Å². The Bertz CT molecular complexity index is 508. The number of carbonyl (C=O) groups is 4. The van der Waals surface area contributed by atoms with Crippen LogP contribution < -0.4 is 0 Å². The third-order valence-electron chi connectivity index (χ3n) is 2.86. The molecule has 0 amide bonds. The van der Waals surface area contributed by atoms with Crippen molar-refractivity contribution in [3.8, 4) is 0 Å². The van der Waals surface area contributed by atoms with Gasteiger partial charge in [0, 0.05) is 12.8 Å². The van der Waals surface area contributed by atoms with E-state index in [1.165, 1.54) is 0 Å². The topological polar surface area (TPSA) is 86.7 Å². The van der Waals surface area contributed by atoms with E-state index >= 15 is 0 Å². The van der Waals surface area contributed by atoms with Crippen molar-refractivity contribution in [3.05, 3.63) is 35.4 Å². The van der Waals surface area contributed by atoms with Gasteiger partial charge in [0.05, 0.1) is 0 Å². The van der Waals surface area contributed by atoms with Crippen LogP contribution in [0.3, 0.4) is 0 Å². The van der Waals surface area contributed by atoms with Crippen LogP contribution in [-0.2, 0) is 41.9 Å². The number of hydrogen-bond acceptors (Lipinski definition) is 6. The van der Waals surface area contributed by atoms with Gasteiger partial charge in [0.1, 0.15) is 13.2 Å². The van der Waals surface area contributed by atoms with E-state index in [9.17, 15) is 19.2 Å². The largest absolute Gasteiger partial charge is 0.455 e. The molecule has 0 aliphatic heterocycles. The van der Waals surface area contributed by atoms with Gasteiger partial charge in [0.25, 0.3) is 0 Å². The van der Waals surface area contributed by atoms with Crippen LogP contribution in [0.1, 0.15) is 37.8 Å². The minimum absolute atomic E-state index is 0.00103. The molecule has 6 nitrogen and oxygen atoms in total. The van der Waals surface area contributed by atoms with Gasteiger partial charge in [0.15, 0.2) is 0 Å². The van der Waals surface area contributed by atoms with Gasteiger partial charge in [-0.25, -0.2) is 9.59 Å². The molecule has 1 rings (SSSR count). The second-order valence-electron chi connectivity index (χ2n) is 4.52. The molecule has 22 heavy (non-hydrogen) atoms. The molecule has 0 fully saturated rings. The third-order valence-corrected chi connectivity index (χ3v) is 2.86. The molecule has 0 unspecified atom stereocenters. The Morgan fingerprint density at radius 3 is 1.32 bits per heavy atom. The van der Waals surface area contributed by atoms with E-state index in [1.807, 2.05) is 0 Å². The highest BCUT2D eigenvalue weighted by Gasteiger charge is 2.13. The average Bonchev–Trinajstić information content (AvgIpc) is 2.56. The molecular weight excluding hydrogens is 288 g/mol. The first kappa shape index (κ1) is 17.6. The minimum atomic E-state index is -0.849. The maximum Gasteiger partial charge on any atom is 0.374 e. The molecule has 0 saturated carbocycles. The van der Waals surface area contributed by atoms with Gasteiger partial charge in [-0.1, -0.05) is 38.1 Å². The molecule has 0 heterocycles. The van der Waals surface area contributed by atoms with Crippen molar-refractivity contribution in [1.29, 1.82) is 0 Å². The minimum Gasteiger partial charge on any atom is -0.455 e. The zero-order chi connectivity index (χ0) is 16.5. The van der Waals surface area contributed by atoms with Crippen molar-refractivity contribution in [2.75, 3.05) is 0 Å². The zero-order valence-corrected chi connectivity index (χ0v) is 12.6. The standard InChI is InChI=1S/C16H18O6/c1-3-13(17)15(19)21-9-11-5-7-12(8-6-11)10-22-16(20)14(18)4-2/h5-8H,3-4,9-10H2,1-2H3. The average molecular weight is 306 g/mol. The lowest BCUT2D eigenvalue weighted by Crippen LogP contribution is -2.16. The van der Waals surface area contributed by atoms with Crippen LogP contribution in [0.25, 0.3) is 0 Å². The summed E-state index contributed by atoms with van der Waals surface area (Å²) in [5.74, 6) is -2.83. The number of benzene rings is 1. The summed E-state index contributed by atoms with van der Waals surface area (Å²) < 4.78 is 9.69. The summed E-state index contributed by atoms with van der Waals surface area (Å²) >= 11 is 0. The van der Waals surface area contributed by atoms with Crippen LogP contribution >= 0.6 is 0 Å². The predicted octanol–water partition coefficient (Wildman–Crippen LogP) is 1.73. The van der Waals surface area contributed by atoms with Crippen LogP contribution in [0.2, 0.25) is 0 Å². The highest BCUT2D eigenvalue weighted by atomic mass is 16.5. The lowest BCUT2D eigenvalue weighted by atomic mass is 10.1. The van der Waals surface area contributed by atoms with Crippen molar-refractivity contribution < 1.29 is 28.7 Å². The monoisotopic (exact) mass is 306 g/mol. The second-order valence-corrected chi connectivity index (χ2v) is 4.52. The highest BCUT2D eigenvalue weighted by molar-refractivity contribution is 6.33. The molecule has 0 atom stereocenters. The Kier molecular flexibility index (Phi) is 6.95. The molecule has 118 valence electrons. The molecular formula is C16H18O6. The number of ketones is 2. The lowest BCUT2D eigenvalue weighted by molar-refractivity contribution is -0.154. The Labute approximate surface area is 128 Å². The number of esters is 2. The Hall–Kier alpha value is -2.50. The van der Waals surface area contributed by atoms with Crippen LogP contribution in [0.5, 0.6) is 0 Å². The van der Waals surface area contributed by atoms with E-state index in [1.54, 1.807) is 38.1 Å². The Balaban J connectivity index is 2.46. The number of hydrogen-bond donors (Lipinski definition) is 0. The van der Waals surface area contributed by atoms with E-state index in [-0.39, 0.29) is 26.1 Å². The Morgan fingerprint density at radius 1 is 0.727 bits per heavy atom. The van der Waals surface area contributed by atoms with E-state index in [4.69, 9.17) is 9.47 Å². The van der Waals surface area contributed by atoms with E-state index in [0.717, 1.165) is 0 Å². The number of rotatable bonds is 8. The molecule has 0 aromatic heterocycles. The van der Waals surface area contributed by atoms with Gasteiger partial charge >= 0.3 is 11.9 Å². The highest BCUT2D eigenvalue weighted by Crippen LogP contribution is 2.08. The van der Waals surface area contributed by atoms with Crippen LogP contribution in [0, 0.1) is 0 Å². The maximum absolute atomic E-state index is 11.2. The van der Waals surface area contributed by atoms with Gasteiger partial charge in [-0.05, 0) is 11.1 Å². The van der Waals surface area contributed by atoms with Gasteiger partial charge < -0.3 is 9.47 Å². The van der Waals surface area contributed by atoms with Gasteiger partial charge in [-0.3, -0.25) is 9.59 Å². The Morgan fingerprint density at radius 2 is 1.05 bits per heavy atom. The molecule has 1 aromatic carbocycles. The first-order chi connectivity index (χ1) is 10.5. The molecule has 0 aliphatic rings. The third kappa shape index (κ3) is 5.47. The molecule has 6 heteroatoms. The number of ether oxygens (including phenoxy) is 2. The van der Waals surface area contributed by atoms with Crippen molar-refractivity contribution >= 4 is 23.5 Å². The quantitative estimate of drug-likeness (QED) is 0.537. The van der Waals surface area contributed by atoms with Gasteiger partial charge in [0.2, 0.25) is 11.6 Å². The molecule has 0 radical (unpaired) electrons. The van der Waals surface area contributed by atoms with Crippen LogP contribution in [0.15, 0.2) is 24.3 Å². The lowest BCUT2D eigenvalue weighted by Gasteiger charge is -2.06. The summed E-state index contributed by atoms with van der Waals surface area (Å²) in [6.07, 6.45) is 0.221. The summed E-state index contributed by atoms with van der Waals surface area (Å²) in [7, 11) is 0. The predicted molar refractivity (Wildman–Crippen MR) is 76.6 cm³/mol.